The van der Waals surface area contributed by atoms with Crippen molar-refractivity contribution in [1.29, 1.82) is 0 Å². The van der Waals surface area contributed by atoms with Crippen LogP contribution in [0.15, 0.2) is 54.6 Å². The summed E-state index contributed by atoms with van der Waals surface area (Å²) >= 11 is 0. The number of hydrogen-bond donors (Lipinski definition) is 0. The molecule has 0 saturated heterocycles. The van der Waals surface area contributed by atoms with Crippen molar-refractivity contribution in [3.63, 3.8) is 0 Å². The van der Waals surface area contributed by atoms with Gasteiger partial charge in [0.05, 0.1) is 13.2 Å². The minimum atomic E-state index is -0.459. The smallest absolute Gasteiger partial charge is 0.313 e. The van der Waals surface area contributed by atoms with Gasteiger partial charge in [0, 0.05) is 12.1 Å². The summed E-state index contributed by atoms with van der Waals surface area (Å²) in [5.41, 5.74) is 4.57. The summed E-state index contributed by atoms with van der Waals surface area (Å²) in [5, 5.41) is 0. The molecular formula is C24H27NO4. The molecule has 0 amide bonds. The van der Waals surface area contributed by atoms with E-state index in [4.69, 9.17) is 9.47 Å². The highest BCUT2D eigenvalue weighted by molar-refractivity contribution is 5.96. The fraction of sp³-hybridized carbons (Fsp3) is 0.333. The summed E-state index contributed by atoms with van der Waals surface area (Å²) in [6.45, 7) is 3.52. The van der Waals surface area contributed by atoms with Crippen LogP contribution in [-0.4, -0.2) is 43.4 Å². The van der Waals surface area contributed by atoms with Crippen molar-refractivity contribution in [2.45, 2.75) is 26.4 Å². The molecule has 2 aromatic carbocycles. The summed E-state index contributed by atoms with van der Waals surface area (Å²) in [6, 6.07) is 16.4. The van der Waals surface area contributed by atoms with E-state index in [1.54, 1.807) is 6.92 Å². The third-order valence-corrected chi connectivity index (χ3v) is 4.82. The number of para-hydroxylation sites is 1. The third-order valence-electron chi connectivity index (χ3n) is 4.82. The van der Waals surface area contributed by atoms with E-state index in [1.165, 1.54) is 5.56 Å². The first-order valence-corrected chi connectivity index (χ1v) is 9.95. The molecule has 1 heterocycles. The lowest BCUT2D eigenvalue weighted by Crippen LogP contribution is -2.28. The largest absolute Gasteiger partial charge is 0.488 e. The molecule has 1 aliphatic rings. The zero-order valence-electron chi connectivity index (χ0n) is 17.0. The maximum atomic E-state index is 12.0. The van der Waals surface area contributed by atoms with Gasteiger partial charge in [-0.2, -0.15) is 0 Å². The second kappa shape index (κ2) is 10.0. The Bertz CT molecular complexity index is 854. The molecule has 3 rings (SSSR count). The van der Waals surface area contributed by atoms with E-state index in [-0.39, 0.29) is 18.7 Å². The molecule has 0 spiro atoms. The topological polar surface area (TPSA) is 55.8 Å². The fourth-order valence-electron chi connectivity index (χ4n) is 3.48. The van der Waals surface area contributed by atoms with Gasteiger partial charge in [0.1, 0.15) is 18.8 Å². The second-order valence-electron chi connectivity index (χ2n) is 7.11. The highest BCUT2D eigenvalue weighted by atomic mass is 16.5. The number of hydrogen-bond acceptors (Lipinski definition) is 5. The molecule has 0 N–H and O–H groups in total. The Labute approximate surface area is 171 Å². The lowest BCUT2D eigenvalue weighted by atomic mass is 9.93. The average Bonchev–Trinajstić information content (AvgIpc) is 2.85. The van der Waals surface area contributed by atoms with Gasteiger partial charge < -0.3 is 9.47 Å². The first-order chi connectivity index (χ1) is 14.1. The molecule has 0 radical (unpaired) electrons. The van der Waals surface area contributed by atoms with Crippen LogP contribution in [0.5, 0.6) is 5.75 Å². The summed E-state index contributed by atoms with van der Waals surface area (Å²) in [6.07, 6.45) is 2.82. The van der Waals surface area contributed by atoms with E-state index in [1.807, 2.05) is 42.3 Å². The molecule has 1 aliphatic heterocycles. The quantitative estimate of drug-likeness (QED) is 0.504. The van der Waals surface area contributed by atoms with Crippen molar-refractivity contribution in [3.8, 4) is 5.75 Å². The minimum Gasteiger partial charge on any atom is -0.488 e. The Kier molecular flexibility index (Phi) is 7.19. The van der Waals surface area contributed by atoms with Crippen molar-refractivity contribution in [3.05, 3.63) is 71.3 Å². The van der Waals surface area contributed by atoms with Crippen LogP contribution in [-0.2, 0) is 20.9 Å². The van der Waals surface area contributed by atoms with Gasteiger partial charge in [0.15, 0.2) is 5.78 Å². The van der Waals surface area contributed by atoms with Gasteiger partial charge in [-0.05, 0) is 43.2 Å². The Morgan fingerprint density at radius 1 is 1.10 bits per heavy atom. The summed E-state index contributed by atoms with van der Waals surface area (Å²) < 4.78 is 10.8. The molecule has 5 heteroatoms. The standard InChI is InChI=1S/C24H27NO4/c1-3-28-24(27)15-19(26)16-25(2)14-8-12-21-20-10-5-4-9-18(20)17-29-23-13-7-6-11-22(21)23/h4-7,9-13H,3,8,14-17H2,1-2H3. The maximum Gasteiger partial charge on any atom is 0.313 e. The average molecular weight is 393 g/mol. The molecule has 0 aromatic heterocycles. The first-order valence-electron chi connectivity index (χ1n) is 9.95. The molecule has 2 aromatic rings. The Morgan fingerprint density at radius 2 is 1.83 bits per heavy atom. The number of ether oxygens (including phenoxy) is 2. The number of likely N-dealkylation sites (N-methyl/N-ethyl adjacent to an activating group) is 1. The van der Waals surface area contributed by atoms with Gasteiger partial charge in [-0.3, -0.25) is 14.5 Å². The van der Waals surface area contributed by atoms with Crippen LogP contribution in [0.3, 0.4) is 0 Å². The molecule has 0 atom stereocenters. The van der Waals surface area contributed by atoms with Crippen LogP contribution in [0, 0.1) is 0 Å². The van der Waals surface area contributed by atoms with E-state index < -0.39 is 5.97 Å². The van der Waals surface area contributed by atoms with Crippen molar-refractivity contribution in [2.24, 2.45) is 0 Å². The number of benzene rings is 2. The maximum absolute atomic E-state index is 12.0. The van der Waals surface area contributed by atoms with E-state index in [2.05, 4.69) is 24.3 Å². The van der Waals surface area contributed by atoms with Crippen LogP contribution in [0.4, 0.5) is 0 Å². The van der Waals surface area contributed by atoms with Crippen LogP contribution in [0.25, 0.3) is 5.57 Å². The van der Waals surface area contributed by atoms with Gasteiger partial charge >= 0.3 is 5.97 Å². The molecule has 0 bridgehead atoms. The summed E-state index contributed by atoms with van der Waals surface area (Å²) in [5.74, 6) is 0.296. The normalized spacial score (nSPS) is 14.0. The zero-order valence-corrected chi connectivity index (χ0v) is 17.0. The number of rotatable bonds is 8. The number of nitrogens with zero attached hydrogens (tertiary/aromatic N) is 1. The molecule has 152 valence electrons. The van der Waals surface area contributed by atoms with E-state index in [9.17, 15) is 9.59 Å². The summed E-state index contributed by atoms with van der Waals surface area (Å²) in [7, 11) is 1.89. The van der Waals surface area contributed by atoms with Crippen LogP contribution in [0.1, 0.15) is 36.5 Å². The molecule has 29 heavy (non-hydrogen) atoms. The molecule has 0 fully saturated rings. The van der Waals surface area contributed by atoms with Crippen LogP contribution >= 0.6 is 0 Å². The fourth-order valence-corrected chi connectivity index (χ4v) is 3.48. The molecule has 0 unspecified atom stereocenters. The molecule has 0 aliphatic carbocycles. The van der Waals surface area contributed by atoms with E-state index >= 15 is 0 Å². The monoisotopic (exact) mass is 393 g/mol. The van der Waals surface area contributed by atoms with Gasteiger partial charge in [-0.25, -0.2) is 0 Å². The van der Waals surface area contributed by atoms with Gasteiger partial charge in [-0.15, -0.1) is 0 Å². The number of fused-ring (bicyclic) bond motifs is 2. The van der Waals surface area contributed by atoms with E-state index in [0.29, 0.717) is 19.8 Å². The number of ketones is 1. The lowest BCUT2D eigenvalue weighted by molar-refractivity contribution is -0.145. The predicted molar refractivity (Wildman–Crippen MR) is 113 cm³/mol. The predicted octanol–water partition coefficient (Wildman–Crippen LogP) is 3.85. The number of carbonyl (C=O) groups excluding carboxylic acids is 2. The molecular weight excluding hydrogens is 366 g/mol. The molecule has 0 saturated carbocycles. The van der Waals surface area contributed by atoms with Gasteiger partial charge in [-0.1, -0.05) is 48.5 Å². The summed E-state index contributed by atoms with van der Waals surface area (Å²) in [4.78, 5) is 25.4. The van der Waals surface area contributed by atoms with E-state index in [0.717, 1.165) is 28.9 Å². The van der Waals surface area contributed by atoms with Crippen molar-refractivity contribution in [1.82, 2.24) is 4.90 Å². The second-order valence-corrected chi connectivity index (χ2v) is 7.11. The van der Waals surface area contributed by atoms with Crippen molar-refractivity contribution >= 4 is 17.3 Å². The Hall–Kier alpha value is -2.92. The van der Waals surface area contributed by atoms with Crippen molar-refractivity contribution in [2.75, 3.05) is 26.7 Å². The number of Topliss-reactive ketones (excluding diaryl/α,β-unsaturated/α-hetero) is 1. The van der Waals surface area contributed by atoms with Crippen LogP contribution in [0.2, 0.25) is 0 Å². The van der Waals surface area contributed by atoms with Crippen LogP contribution < -0.4 is 4.74 Å². The highest BCUT2D eigenvalue weighted by Gasteiger charge is 2.18. The first kappa shape index (κ1) is 20.8. The SMILES string of the molecule is CCOC(=O)CC(=O)CN(C)CCC=C1c2ccccc2COc2ccccc21. The Morgan fingerprint density at radius 3 is 2.62 bits per heavy atom. The highest BCUT2D eigenvalue weighted by Crippen LogP contribution is 2.36. The third kappa shape index (κ3) is 5.55. The molecule has 5 nitrogen and oxygen atoms in total. The number of esters is 1. The lowest BCUT2D eigenvalue weighted by Gasteiger charge is -2.15. The minimum absolute atomic E-state index is 0.128. The van der Waals surface area contributed by atoms with Crippen molar-refractivity contribution < 1.29 is 19.1 Å². The Balaban J connectivity index is 1.69. The van der Waals surface area contributed by atoms with Gasteiger partial charge in [0.2, 0.25) is 0 Å². The zero-order chi connectivity index (χ0) is 20.6. The number of carbonyl (C=O) groups is 2. The van der Waals surface area contributed by atoms with Gasteiger partial charge in [0.25, 0.3) is 0 Å².